The molecule has 0 heterocycles. The summed E-state index contributed by atoms with van der Waals surface area (Å²) in [5.74, 6) is -1.63. The summed E-state index contributed by atoms with van der Waals surface area (Å²) in [6, 6.07) is 3.14. The Labute approximate surface area is 81.5 Å². The Hall–Kier alpha value is -1.91. The Morgan fingerprint density at radius 1 is 1.29 bits per heavy atom. The Morgan fingerprint density at radius 3 is 2.36 bits per heavy atom. The summed E-state index contributed by atoms with van der Waals surface area (Å²) in [5.41, 5.74) is 18.1. The minimum absolute atomic E-state index is 0.246. The zero-order valence-corrected chi connectivity index (χ0v) is 7.82. The predicted octanol–water partition coefficient (Wildman–Crippen LogP) is 0.621. The zero-order chi connectivity index (χ0) is 10.9. The highest BCUT2D eigenvalue weighted by Crippen LogP contribution is 2.31. The van der Waals surface area contributed by atoms with Crippen molar-refractivity contribution >= 4 is 23.0 Å². The summed E-state index contributed by atoms with van der Waals surface area (Å²) >= 11 is 0. The standard InChI is InChI=1S/C9H13N3O2/c1-4(9(13)14)5-2-3-6(10)8(12)7(5)11/h2-4H,10-12H2,1H3,(H,13,14). The molecule has 0 aliphatic heterocycles. The van der Waals surface area contributed by atoms with Crippen molar-refractivity contribution in [1.82, 2.24) is 0 Å². The van der Waals surface area contributed by atoms with Gasteiger partial charge < -0.3 is 22.3 Å². The first-order chi connectivity index (χ1) is 6.45. The van der Waals surface area contributed by atoms with Crippen LogP contribution in [0.25, 0.3) is 0 Å². The van der Waals surface area contributed by atoms with Gasteiger partial charge in [0, 0.05) is 0 Å². The molecular formula is C9H13N3O2. The van der Waals surface area contributed by atoms with Crippen molar-refractivity contribution in [2.75, 3.05) is 17.2 Å². The normalized spacial score (nSPS) is 12.4. The van der Waals surface area contributed by atoms with E-state index in [1.165, 1.54) is 0 Å². The van der Waals surface area contributed by atoms with Crippen molar-refractivity contribution in [1.29, 1.82) is 0 Å². The van der Waals surface area contributed by atoms with Gasteiger partial charge in [0.1, 0.15) is 0 Å². The number of carbonyl (C=O) groups is 1. The van der Waals surface area contributed by atoms with Crippen LogP contribution in [0.3, 0.4) is 0 Å². The third-order valence-electron chi connectivity index (χ3n) is 2.19. The molecule has 1 aromatic rings. The van der Waals surface area contributed by atoms with Gasteiger partial charge in [0.2, 0.25) is 0 Å². The van der Waals surface area contributed by atoms with E-state index in [0.717, 1.165) is 0 Å². The number of rotatable bonds is 2. The molecule has 0 saturated carbocycles. The van der Waals surface area contributed by atoms with E-state index >= 15 is 0 Å². The highest BCUT2D eigenvalue weighted by molar-refractivity contribution is 5.85. The molecule has 1 atom stereocenters. The molecule has 0 saturated heterocycles. The fourth-order valence-electron chi connectivity index (χ4n) is 1.18. The molecule has 0 amide bonds. The van der Waals surface area contributed by atoms with E-state index in [1.54, 1.807) is 19.1 Å². The van der Waals surface area contributed by atoms with Crippen molar-refractivity contribution in [2.24, 2.45) is 0 Å². The molecule has 5 heteroatoms. The summed E-state index contributed by atoms with van der Waals surface area (Å²) in [5, 5.41) is 8.79. The van der Waals surface area contributed by atoms with Crippen molar-refractivity contribution < 1.29 is 9.90 Å². The highest BCUT2D eigenvalue weighted by Gasteiger charge is 2.18. The molecular weight excluding hydrogens is 182 g/mol. The van der Waals surface area contributed by atoms with Crippen LogP contribution in [0.1, 0.15) is 18.4 Å². The largest absolute Gasteiger partial charge is 0.481 e. The first-order valence-electron chi connectivity index (χ1n) is 4.11. The number of hydrogen-bond donors (Lipinski definition) is 4. The average molecular weight is 195 g/mol. The highest BCUT2D eigenvalue weighted by atomic mass is 16.4. The lowest BCUT2D eigenvalue weighted by Gasteiger charge is -2.13. The minimum Gasteiger partial charge on any atom is -0.481 e. The van der Waals surface area contributed by atoms with Gasteiger partial charge in [-0.3, -0.25) is 4.79 Å². The first-order valence-corrected chi connectivity index (χ1v) is 4.11. The number of hydrogen-bond acceptors (Lipinski definition) is 4. The van der Waals surface area contributed by atoms with Crippen LogP contribution in [0.15, 0.2) is 12.1 Å². The third-order valence-corrected chi connectivity index (χ3v) is 2.19. The van der Waals surface area contributed by atoms with Crippen LogP contribution in [-0.4, -0.2) is 11.1 Å². The lowest BCUT2D eigenvalue weighted by molar-refractivity contribution is -0.138. The molecule has 7 N–H and O–H groups in total. The molecule has 1 unspecified atom stereocenters. The molecule has 76 valence electrons. The fourth-order valence-corrected chi connectivity index (χ4v) is 1.18. The molecule has 0 aromatic heterocycles. The maximum atomic E-state index is 10.7. The van der Waals surface area contributed by atoms with Gasteiger partial charge >= 0.3 is 5.97 Å². The molecule has 14 heavy (non-hydrogen) atoms. The van der Waals surface area contributed by atoms with Gasteiger partial charge in [-0.1, -0.05) is 6.07 Å². The molecule has 0 spiro atoms. The number of carboxylic acids is 1. The summed E-state index contributed by atoms with van der Waals surface area (Å²) in [6.07, 6.45) is 0. The van der Waals surface area contributed by atoms with E-state index in [0.29, 0.717) is 11.3 Å². The number of carboxylic acid groups (broad SMARTS) is 1. The van der Waals surface area contributed by atoms with Crippen LogP contribution in [0, 0.1) is 0 Å². The third kappa shape index (κ3) is 1.56. The maximum Gasteiger partial charge on any atom is 0.310 e. The molecule has 5 nitrogen and oxygen atoms in total. The van der Waals surface area contributed by atoms with E-state index in [9.17, 15) is 4.79 Å². The average Bonchev–Trinajstić information content (AvgIpc) is 2.13. The van der Waals surface area contributed by atoms with Crippen LogP contribution in [0.4, 0.5) is 17.1 Å². The molecule has 0 fully saturated rings. The second-order valence-corrected chi connectivity index (χ2v) is 3.13. The van der Waals surface area contributed by atoms with Crippen LogP contribution in [0.5, 0.6) is 0 Å². The van der Waals surface area contributed by atoms with Gasteiger partial charge in [-0.05, 0) is 18.6 Å². The number of nitrogen functional groups attached to an aromatic ring is 3. The van der Waals surface area contributed by atoms with Crippen LogP contribution in [0.2, 0.25) is 0 Å². The Kier molecular flexibility index (Phi) is 2.51. The van der Waals surface area contributed by atoms with E-state index in [2.05, 4.69) is 0 Å². The minimum atomic E-state index is -0.944. The van der Waals surface area contributed by atoms with E-state index in [-0.39, 0.29) is 11.4 Å². The van der Waals surface area contributed by atoms with Crippen LogP contribution in [-0.2, 0) is 4.79 Å². The van der Waals surface area contributed by atoms with Gasteiger partial charge in [0.15, 0.2) is 0 Å². The lowest BCUT2D eigenvalue weighted by Crippen LogP contribution is -2.12. The van der Waals surface area contributed by atoms with Crippen LogP contribution < -0.4 is 17.2 Å². The van der Waals surface area contributed by atoms with Gasteiger partial charge in [0.25, 0.3) is 0 Å². The van der Waals surface area contributed by atoms with E-state index < -0.39 is 11.9 Å². The summed E-state index contributed by atoms with van der Waals surface area (Å²) < 4.78 is 0. The Bertz CT molecular complexity index is 377. The quantitative estimate of drug-likeness (QED) is 0.516. The van der Waals surface area contributed by atoms with Gasteiger partial charge in [-0.25, -0.2) is 0 Å². The Morgan fingerprint density at radius 2 is 1.86 bits per heavy atom. The van der Waals surface area contributed by atoms with Crippen LogP contribution >= 0.6 is 0 Å². The fraction of sp³-hybridized carbons (Fsp3) is 0.222. The molecule has 0 bridgehead atoms. The Balaban J connectivity index is 3.24. The zero-order valence-electron chi connectivity index (χ0n) is 7.82. The molecule has 1 aromatic carbocycles. The molecule has 1 rings (SSSR count). The number of anilines is 3. The summed E-state index contributed by atoms with van der Waals surface area (Å²) in [7, 11) is 0. The SMILES string of the molecule is CC(C(=O)O)c1ccc(N)c(N)c1N. The predicted molar refractivity (Wildman–Crippen MR) is 55.7 cm³/mol. The number of aliphatic carboxylic acids is 1. The lowest BCUT2D eigenvalue weighted by atomic mass is 9.98. The van der Waals surface area contributed by atoms with Crippen molar-refractivity contribution in [2.45, 2.75) is 12.8 Å². The second-order valence-electron chi connectivity index (χ2n) is 3.13. The monoisotopic (exact) mass is 195 g/mol. The smallest absolute Gasteiger partial charge is 0.310 e. The summed E-state index contributed by atoms with van der Waals surface area (Å²) in [4.78, 5) is 10.7. The van der Waals surface area contributed by atoms with E-state index in [4.69, 9.17) is 22.3 Å². The molecule has 0 radical (unpaired) electrons. The van der Waals surface area contributed by atoms with Gasteiger partial charge in [0.05, 0.1) is 23.0 Å². The van der Waals surface area contributed by atoms with E-state index in [1.807, 2.05) is 0 Å². The van der Waals surface area contributed by atoms with Crippen molar-refractivity contribution in [3.8, 4) is 0 Å². The maximum absolute atomic E-state index is 10.7. The van der Waals surface area contributed by atoms with Gasteiger partial charge in [-0.2, -0.15) is 0 Å². The second kappa shape index (κ2) is 3.45. The van der Waals surface area contributed by atoms with Crippen molar-refractivity contribution in [3.63, 3.8) is 0 Å². The topological polar surface area (TPSA) is 115 Å². The van der Waals surface area contributed by atoms with Gasteiger partial charge in [-0.15, -0.1) is 0 Å². The van der Waals surface area contributed by atoms with Crippen molar-refractivity contribution in [3.05, 3.63) is 17.7 Å². The summed E-state index contributed by atoms with van der Waals surface area (Å²) in [6.45, 7) is 1.55. The molecule has 0 aliphatic carbocycles. The number of benzene rings is 1. The first kappa shape index (κ1) is 10.2. The number of nitrogens with two attached hydrogens (primary N) is 3. The molecule has 0 aliphatic rings.